The van der Waals surface area contributed by atoms with Crippen LogP contribution in [0.3, 0.4) is 0 Å². The standard InChI is InChI=1S/C15H22N2O3S/c1-12(2)8-15(3,18)11-17-21(19,20)10-14-7-5-4-6-13(14)9-16/h4-7,12,17-18H,8,10-11H2,1-3H3. The van der Waals surface area contributed by atoms with Gasteiger partial charge in [0.15, 0.2) is 0 Å². The molecule has 0 heterocycles. The highest BCUT2D eigenvalue weighted by molar-refractivity contribution is 7.88. The lowest BCUT2D eigenvalue weighted by Crippen LogP contribution is -2.41. The Morgan fingerprint density at radius 3 is 2.57 bits per heavy atom. The Bertz CT molecular complexity index is 616. The van der Waals surface area contributed by atoms with Crippen molar-refractivity contribution in [2.45, 2.75) is 38.5 Å². The molecule has 1 rings (SSSR count). The molecule has 1 unspecified atom stereocenters. The minimum absolute atomic E-state index is 0.0395. The van der Waals surface area contributed by atoms with Crippen LogP contribution in [0.4, 0.5) is 0 Å². The molecule has 116 valence electrons. The zero-order chi connectivity index (χ0) is 16.1. The van der Waals surface area contributed by atoms with Gasteiger partial charge in [0.05, 0.1) is 23.0 Å². The number of nitriles is 1. The lowest BCUT2D eigenvalue weighted by atomic mass is 9.95. The molecule has 0 aliphatic heterocycles. The van der Waals surface area contributed by atoms with E-state index >= 15 is 0 Å². The van der Waals surface area contributed by atoms with E-state index in [1.165, 1.54) is 0 Å². The number of sulfonamides is 1. The molecule has 5 nitrogen and oxygen atoms in total. The molecule has 1 atom stereocenters. The highest BCUT2D eigenvalue weighted by Crippen LogP contribution is 2.16. The fourth-order valence-corrected chi connectivity index (χ4v) is 3.52. The van der Waals surface area contributed by atoms with E-state index in [1.54, 1.807) is 31.2 Å². The normalized spacial score (nSPS) is 14.7. The molecular weight excluding hydrogens is 288 g/mol. The van der Waals surface area contributed by atoms with Crippen LogP contribution in [-0.4, -0.2) is 25.7 Å². The Labute approximate surface area is 126 Å². The van der Waals surface area contributed by atoms with Gasteiger partial charge in [-0.15, -0.1) is 0 Å². The second-order valence-corrected chi connectivity index (χ2v) is 7.75. The molecule has 0 spiro atoms. The molecule has 0 aromatic heterocycles. The predicted octanol–water partition coefficient (Wildman–Crippen LogP) is 1.77. The number of nitrogens with one attached hydrogen (secondary N) is 1. The van der Waals surface area contributed by atoms with E-state index in [-0.39, 0.29) is 18.2 Å². The van der Waals surface area contributed by atoms with E-state index in [9.17, 15) is 13.5 Å². The molecule has 21 heavy (non-hydrogen) atoms. The van der Waals surface area contributed by atoms with Crippen molar-refractivity contribution < 1.29 is 13.5 Å². The predicted molar refractivity (Wildman–Crippen MR) is 81.9 cm³/mol. The van der Waals surface area contributed by atoms with Gasteiger partial charge in [-0.2, -0.15) is 5.26 Å². The number of hydrogen-bond donors (Lipinski definition) is 2. The maximum Gasteiger partial charge on any atom is 0.215 e. The van der Waals surface area contributed by atoms with E-state index < -0.39 is 15.6 Å². The minimum atomic E-state index is -3.60. The summed E-state index contributed by atoms with van der Waals surface area (Å²) in [6.45, 7) is 5.50. The van der Waals surface area contributed by atoms with Crippen LogP contribution in [0.5, 0.6) is 0 Å². The first-order chi connectivity index (χ1) is 9.65. The van der Waals surface area contributed by atoms with E-state index in [1.807, 2.05) is 19.9 Å². The molecule has 1 aromatic rings. The number of aliphatic hydroxyl groups is 1. The molecule has 0 fully saturated rings. The molecule has 0 saturated carbocycles. The summed E-state index contributed by atoms with van der Waals surface area (Å²) >= 11 is 0. The lowest BCUT2D eigenvalue weighted by Gasteiger charge is -2.25. The third-order valence-corrected chi connectivity index (χ3v) is 4.28. The van der Waals surface area contributed by atoms with Crippen molar-refractivity contribution in [3.63, 3.8) is 0 Å². The van der Waals surface area contributed by atoms with Gasteiger partial charge in [0.25, 0.3) is 0 Å². The van der Waals surface area contributed by atoms with E-state index in [4.69, 9.17) is 5.26 Å². The van der Waals surface area contributed by atoms with Crippen molar-refractivity contribution >= 4 is 10.0 Å². The summed E-state index contributed by atoms with van der Waals surface area (Å²) in [5.74, 6) is -0.00193. The average Bonchev–Trinajstić information content (AvgIpc) is 2.35. The fraction of sp³-hybridized carbons (Fsp3) is 0.533. The van der Waals surface area contributed by atoms with E-state index in [0.29, 0.717) is 17.5 Å². The summed E-state index contributed by atoms with van der Waals surface area (Å²) < 4.78 is 26.6. The van der Waals surface area contributed by atoms with Crippen molar-refractivity contribution in [1.29, 1.82) is 5.26 Å². The van der Waals surface area contributed by atoms with E-state index in [2.05, 4.69) is 4.72 Å². The monoisotopic (exact) mass is 310 g/mol. The maximum absolute atomic E-state index is 12.1. The summed E-state index contributed by atoms with van der Waals surface area (Å²) in [6.07, 6.45) is 0.504. The highest BCUT2D eigenvalue weighted by Gasteiger charge is 2.24. The van der Waals surface area contributed by atoms with Crippen LogP contribution in [0.2, 0.25) is 0 Å². The van der Waals surface area contributed by atoms with Gasteiger partial charge in [0.2, 0.25) is 10.0 Å². The van der Waals surface area contributed by atoms with Crippen molar-refractivity contribution in [2.75, 3.05) is 6.54 Å². The molecule has 6 heteroatoms. The Kier molecular flexibility index (Phi) is 5.90. The molecule has 0 aliphatic rings. The van der Waals surface area contributed by atoms with Gasteiger partial charge in [-0.3, -0.25) is 0 Å². The molecule has 0 aliphatic carbocycles. The highest BCUT2D eigenvalue weighted by atomic mass is 32.2. The Morgan fingerprint density at radius 2 is 2.00 bits per heavy atom. The smallest absolute Gasteiger partial charge is 0.215 e. The second kappa shape index (κ2) is 7.03. The third kappa shape index (κ3) is 6.25. The van der Waals surface area contributed by atoms with Gasteiger partial charge in [-0.1, -0.05) is 32.0 Å². The van der Waals surface area contributed by atoms with Gasteiger partial charge in [0, 0.05) is 6.54 Å². The summed E-state index contributed by atoms with van der Waals surface area (Å²) in [4.78, 5) is 0. The van der Waals surface area contributed by atoms with Crippen molar-refractivity contribution in [3.05, 3.63) is 35.4 Å². The SMILES string of the molecule is CC(C)CC(C)(O)CNS(=O)(=O)Cc1ccccc1C#N. The van der Waals surface area contributed by atoms with Crippen LogP contribution in [0.15, 0.2) is 24.3 Å². The first kappa shape index (κ1) is 17.6. The zero-order valence-corrected chi connectivity index (χ0v) is 13.4. The number of hydrogen-bond acceptors (Lipinski definition) is 4. The van der Waals surface area contributed by atoms with Crippen molar-refractivity contribution in [3.8, 4) is 6.07 Å². The van der Waals surface area contributed by atoms with Crippen LogP contribution >= 0.6 is 0 Å². The second-order valence-electron chi connectivity index (χ2n) is 5.94. The van der Waals surface area contributed by atoms with Crippen LogP contribution in [0, 0.1) is 17.2 Å². The van der Waals surface area contributed by atoms with Crippen molar-refractivity contribution in [1.82, 2.24) is 4.72 Å². The Hall–Kier alpha value is -1.42. The van der Waals surface area contributed by atoms with Gasteiger partial charge in [-0.25, -0.2) is 13.1 Å². The quantitative estimate of drug-likeness (QED) is 0.803. The number of rotatable bonds is 7. The number of nitrogens with zero attached hydrogens (tertiary/aromatic N) is 1. The van der Waals surface area contributed by atoms with Gasteiger partial charge in [-0.05, 0) is 30.9 Å². The van der Waals surface area contributed by atoms with Crippen molar-refractivity contribution in [2.24, 2.45) is 5.92 Å². The summed E-state index contributed by atoms with van der Waals surface area (Å²) in [7, 11) is -3.60. The van der Waals surface area contributed by atoms with Gasteiger partial charge in [0.1, 0.15) is 0 Å². The molecule has 2 N–H and O–H groups in total. The first-order valence-electron chi connectivity index (χ1n) is 6.83. The van der Waals surface area contributed by atoms with Gasteiger partial charge < -0.3 is 5.11 Å². The third-order valence-electron chi connectivity index (χ3n) is 3.00. The molecule has 0 amide bonds. The minimum Gasteiger partial charge on any atom is -0.389 e. The van der Waals surface area contributed by atoms with Crippen LogP contribution in [0.25, 0.3) is 0 Å². The molecule has 0 bridgehead atoms. The molecule has 0 radical (unpaired) electrons. The fourth-order valence-electron chi connectivity index (χ4n) is 2.23. The summed E-state index contributed by atoms with van der Waals surface area (Å²) in [6, 6.07) is 8.56. The number of benzene rings is 1. The largest absolute Gasteiger partial charge is 0.389 e. The van der Waals surface area contributed by atoms with Gasteiger partial charge >= 0.3 is 0 Å². The average molecular weight is 310 g/mol. The topological polar surface area (TPSA) is 90.2 Å². The van der Waals surface area contributed by atoms with Crippen LogP contribution in [-0.2, 0) is 15.8 Å². The van der Waals surface area contributed by atoms with E-state index in [0.717, 1.165) is 0 Å². The Morgan fingerprint density at radius 1 is 1.38 bits per heavy atom. The molecule has 0 saturated heterocycles. The van der Waals surface area contributed by atoms with Crippen LogP contribution in [0.1, 0.15) is 38.3 Å². The molecule has 1 aromatic carbocycles. The summed E-state index contributed by atoms with van der Waals surface area (Å²) in [5, 5.41) is 19.1. The Balaban J connectivity index is 2.73. The lowest BCUT2D eigenvalue weighted by molar-refractivity contribution is 0.0436. The first-order valence-corrected chi connectivity index (χ1v) is 8.48. The maximum atomic E-state index is 12.1. The van der Waals surface area contributed by atoms with Crippen LogP contribution < -0.4 is 4.72 Å². The molecular formula is C15H22N2O3S. The summed E-state index contributed by atoms with van der Waals surface area (Å²) in [5.41, 5.74) is -0.288. The zero-order valence-electron chi connectivity index (χ0n) is 12.6.